The van der Waals surface area contributed by atoms with Gasteiger partial charge in [0, 0.05) is 5.39 Å². The Morgan fingerprint density at radius 1 is 1.13 bits per heavy atom. The summed E-state index contributed by atoms with van der Waals surface area (Å²) in [5, 5.41) is 3.03. The van der Waals surface area contributed by atoms with Crippen LogP contribution in [0.2, 0.25) is 0 Å². The number of benzene rings is 1. The average Bonchev–Trinajstić information content (AvgIpc) is 3.04. The maximum Gasteiger partial charge on any atom is 0.420 e. The van der Waals surface area contributed by atoms with Gasteiger partial charge in [0.05, 0.1) is 5.69 Å². The van der Waals surface area contributed by atoms with Gasteiger partial charge < -0.3 is 4.74 Å². The molecule has 3 rings (SSSR count). The second-order valence-corrected chi connectivity index (χ2v) is 7.20. The van der Waals surface area contributed by atoms with Gasteiger partial charge >= 0.3 is 6.09 Å². The minimum absolute atomic E-state index is 0.345. The molecule has 0 N–H and O–H groups in total. The van der Waals surface area contributed by atoms with Gasteiger partial charge in [0.25, 0.3) is 0 Å². The van der Waals surface area contributed by atoms with Crippen LogP contribution in [0.3, 0.4) is 0 Å². The standard InChI is InChI=1S/C19H19NO2S/c1-19(2,3)22-18(21)20-16(13-15-11-12-23-17(15)20)10-9-14-7-5-4-6-8-14/h4-13H,1-3H3/b10-9+. The lowest BCUT2D eigenvalue weighted by Crippen LogP contribution is -2.27. The average molecular weight is 325 g/mol. The van der Waals surface area contributed by atoms with E-state index in [0.717, 1.165) is 21.5 Å². The number of thiophene rings is 1. The third kappa shape index (κ3) is 3.54. The van der Waals surface area contributed by atoms with Crippen LogP contribution in [-0.4, -0.2) is 16.3 Å². The molecule has 0 spiro atoms. The van der Waals surface area contributed by atoms with E-state index in [-0.39, 0.29) is 6.09 Å². The molecular formula is C19H19NO2S. The molecule has 3 aromatic rings. The monoisotopic (exact) mass is 325 g/mol. The van der Waals surface area contributed by atoms with Gasteiger partial charge in [-0.15, -0.1) is 11.3 Å². The van der Waals surface area contributed by atoms with Crippen molar-refractivity contribution in [2.45, 2.75) is 26.4 Å². The van der Waals surface area contributed by atoms with E-state index in [1.165, 1.54) is 11.3 Å². The Labute approximate surface area is 139 Å². The highest BCUT2D eigenvalue weighted by molar-refractivity contribution is 7.16. The first kappa shape index (κ1) is 15.6. The van der Waals surface area contributed by atoms with Crippen molar-refractivity contribution in [1.82, 2.24) is 4.57 Å². The van der Waals surface area contributed by atoms with Gasteiger partial charge in [-0.25, -0.2) is 9.36 Å². The summed E-state index contributed by atoms with van der Waals surface area (Å²) in [6.07, 6.45) is 3.61. The van der Waals surface area contributed by atoms with E-state index in [1.54, 1.807) is 4.57 Å². The van der Waals surface area contributed by atoms with E-state index in [4.69, 9.17) is 4.74 Å². The zero-order valence-electron chi connectivity index (χ0n) is 13.4. The highest BCUT2D eigenvalue weighted by atomic mass is 32.1. The molecule has 23 heavy (non-hydrogen) atoms. The van der Waals surface area contributed by atoms with Crippen LogP contribution in [0.1, 0.15) is 32.0 Å². The maximum atomic E-state index is 12.6. The number of carbonyl (C=O) groups excluding carboxylic acids is 1. The van der Waals surface area contributed by atoms with Crippen molar-refractivity contribution in [3.63, 3.8) is 0 Å². The van der Waals surface area contributed by atoms with Crippen molar-refractivity contribution in [1.29, 1.82) is 0 Å². The molecule has 3 nitrogen and oxygen atoms in total. The van der Waals surface area contributed by atoms with Gasteiger partial charge in [0.15, 0.2) is 0 Å². The molecule has 0 aliphatic heterocycles. The number of fused-ring (bicyclic) bond motifs is 1. The normalized spacial score (nSPS) is 12.1. The van der Waals surface area contributed by atoms with Crippen molar-refractivity contribution in [2.75, 3.05) is 0 Å². The SMILES string of the molecule is CC(C)(C)OC(=O)n1c(/C=C/c2ccccc2)cc2ccsc21. The highest BCUT2D eigenvalue weighted by Gasteiger charge is 2.21. The van der Waals surface area contributed by atoms with Gasteiger partial charge in [0.1, 0.15) is 10.4 Å². The Hall–Kier alpha value is -2.33. The van der Waals surface area contributed by atoms with Crippen LogP contribution in [-0.2, 0) is 4.74 Å². The molecule has 118 valence electrons. The Kier molecular flexibility index (Phi) is 4.09. The zero-order valence-corrected chi connectivity index (χ0v) is 14.3. The summed E-state index contributed by atoms with van der Waals surface area (Å²) in [4.78, 5) is 13.5. The lowest BCUT2D eigenvalue weighted by Gasteiger charge is -2.20. The van der Waals surface area contributed by atoms with Crippen LogP contribution < -0.4 is 0 Å². The molecular weight excluding hydrogens is 306 g/mol. The van der Waals surface area contributed by atoms with Crippen LogP contribution >= 0.6 is 11.3 Å². The van der Waals surface area contributed by atoms with Crippen LogP contribution in [0.5, 0.6) is 0 Å². The van der Waals surface area contributed by atoms with E-state index < -0.39 is 5.60 Å². The van der Waals surface area contributed by atoms with E-state index in [0.29, 0.717) is 0 Å². The third-order valence-electron chi connectivity index (χ3n) is 3.26. The topological polar surface area (TPSA) is 31.2 Å². The molecule has 1 aromatic carbocycles. The molecule has 2 heterocycles. The Morgan fingerprint density at radius 3 is 2.57 bits per heavy atom. The third-order valence-corrected chi connectivity index (χ3v) is 4.17. The van der Waals surface area contributed by atoms with E-state index >= 15 is 0 Å². The summed E-state index contributed by atoms with van der Waals surface area (Å²) in [7, 11) is 0. The van der Waals surface area contributed by atoms with Crippen molar-refractivity contribution in [3.8, 4) is 0 Å². The van der Waals surface area contributed by atoms with E-state index in [9.17, 15) is 4.79 Å². The lowest BCUT2D eigenvalue weighted by molar-refractivity contribution is 0.0544. The Morgan fingerprint density at radius 2 is 1.87 bits per heavy atom. The molecule has 0 aliphatic rings. The fraction of sp³-hybridized carbons (Fsp3) is 0.211. The number of ether oxygens (including phenoxy) is 1. The number of nitrogens with zero attached hydrogens (tertiary/aromatic N) is 1. The molecule has 0 saturated carbocycles. The molecule has 0 bridgehead atoms. The van der Waals surface area contributed by atoms with Crippen molar-refractivity contribution in [2.24, 2.45) is 0 Å². The van der Waals surface area contributed by atoms with E-state index in [1.807, 2.05) is 80.8 Å². The van der Waals surface area contributed by atoms with Crippen LogP contribution in [0.4, 0.5) is 4.79 Å². The van der Waals surface area contributed by atoms with Gasteiger partial charge in [-0.05, 0) is 49.9 Å². The number of hydrogen-bond acceptors (Lipinski definition) is 3. The molecule has 0 atom stereocenters. The molecule has 0 saturated heterocycles. The molecule has 4 heteroatoms. The fourth-order valence-corrected chi connectivity index (χ4v) is 3.20. The van der Waals surface area contributed by atoms with Gasteiger partial charge in [-0.2, -0.15) is 0 Å². The zero-order chi connectivity index (χ0) is 16.4. The molecule has 0 aliphatic carbocycles. The van der Waals surface area contributed by atoms with E-state index in [2.05, 4.69) is 0 Å². The summed E-state index contributed by atoms with van der Waals surface area (Å²) in [5.74, 6) is 0. The van der Waals surface area contributed by atoms with Gasteiger partial charge in [-0.1, -0.05) is 36.4 Å². The number of hydrogen-bond donors (Lipinski definition) is 0. The first-order valence-corrected chi connectivity index (χ1v) is 8.37. The minimum Gasteiger partial charge on any atom is -0.443 e. The second-order valence-electron chi connectivity index (χ2n) is 6.31. The fourth-order valence-electron chi connectivity index (χ4n) is 2.31. The summed E-state index contributed by atoms with van der Waals surface area (Å²) in [6.45, 7) is 5.62. The lowest BCUT2D eigenvalue weighted by atomic mass is 10.2. The quantitative estimate of drug-likeness (QED) is 0.609. The van der Waals surface area contributed by atoms with Gasteiger partial charge in [-0.3, -0.25) is 0 Å². The Bertz CT molecular complexity index is 851. The number of rotatable bonds is 2. The minimum atomic E-state index is -0.522. The Balaban J connectivity index is 2.00. The van der Waals surface area contributed by atoms with Crippen molar-refractivity contribution >= 4 is 39.8 Å². The molecule has 0 amide bonds. The summed E-state index contributed by atoms with van der Waals surface area (Å²) < 4.78 is 7.19. The van der Waals surface area contributed by atoms with Crippen LogP contribution in [0, 0.1) is 0 Å². The first-order chi connectivity index (χ1) is 10.9. The predicted molar refractivity (Wildman–Crippen MR) is 96.8 cm³/mol. The summed E-state index contributed by atoms with van der Waals surface area (Å²) in [5.41, 5.74) is 1.39. The molecule has 2 aromatic heterocycles. The highest BCUT2D eigenvalue weighted by Crippen LogP contribution is 2.27. The number of carbonyl (C=O) groups is 1. The largest absolute Gasteiger partial charge is 0.443 e. The molecule has 0 radical (unpaired) electrons. The molecule has 0 fully saturated rings. The van der Waals surface area contributed by atoms with Crippen molar-refractivity contribution < 1.29 is 9.53 Å². The predicted octanol–water partition coefficient (Wildman–Crippen LogP) is 5.66. The second kappa shape index (κ2) is 6.05. The smallest absolute Gasteiger partial charge is 0.420 e. The first-order valence-electron chi connectivity index (χ1n) is 7.49. The summed E-state index contributed by atoms with van der Waals surface area (Å²) >= 11 is 1.54. The van der Waals surface area contributed by atoms with Gasteiger partial charge in [0.2, 0.25) is 0 Å². The maximum absolute atomic E-state index is 12.6. The molecule has 0 unspecified atom stereocenters. The summed E-state index contributed by atoms with van der Waals surface area (Å²) in [6, 6.07) is 14.0. The van der Waals surface area contributed by atoms with Crippen LogP contribution in [0.25, 0.3) is 22.4 Å². The van der Waals surface area contributed by atoms with Crippen LogP contribution in [0.15, 0.2) is 47.8 Å². The number of aromatic nitrogens is 1. The van der Waals surface area contributed by atoms with Crippen molar-refractivity contribution in [3.05, 3.63) is 59.1 Å².